The van der Waals surface area contributed by atoms with Crippen molar-refractivity contribution in [2.45, 2.75) is 20.3 Å². The number of benzene rings is 1. The summed E-state index contributed by atoms with van der Waals surface area (Å²) in [5, 5.41) is 3.40. The molecule has 1 aromatic carbocycles. The Bertz CT molecular complexity index is 557. The lowest BCUT2D eigenvalue weighted by atomic mass is 10.2. The lowest BCUT2D eigenvalue weighted by Crippen LogP contribution is -2.42. The van der Waals surface area contributed by atoms with Crippen molar-refractivity contribution in [3.8, 4) is 0 Å². The van der Waals surface area contributed by atoms with Crippen LogP contribution < -0.4 is 10.2 Å². The number of hydrogen-bond donors (Lipinski definition) is 1. The van der Waals surface area contributed by atoms with Gasteiger partial charge >= 0.3 is 0 Å². The topological polar surface area (TPSA) is 47.9 Å². The number of carbonyl (C=O) groups is 1. The lowest BCUT2D eigenvalue weighted by molar-refractivity contribution is -0.127. The normalized spacial score (nSPS) is 13.6. The van der Waals surface area contributed by atoms with Gasteiger partial charge in [0.15, 0.2) is 5.96 Å². The molecule has 0 saturated carbocycles. The molecule has 0 radical (unpaired) electrons. The van der Waals surface area contributed by atoms with Crippen LogP contribution in [0.25, 0.3) is 0 Å². The van der Waals surface area contributed by atoms with E-state index in [0.29, 0.717) is 5.92 Å². The number of para-hydroxylation sites is 1. The van der Waals surface area contributed by atoms with Crippen LogP contribution in [-0.2, 0) is 11.2 Å². The Morgan fingerprint density at radius 2 is 2.04 bits per heavy atom. The summed E-state index contributed by atoms with van der Waals surface area (Å²) in [5.74, 6) is 1.33. The summed E-state index contributed by atoms with van der Waals surface area (Å²) in [6.45, 7) is 6.24. The molecule has 0 fully saturated rings. The highest BCUT2D eigenvalue weighted by atomic mass is 127. The third-order valence-corrected chi connectivity index (χ3v) is 3.67. The fourth-order valence-corrected chi connectivity index (χ4v) is 2.37. The average Bonchev–Trinajstić information content (AvgIpc) is 2.90. The zero-order chi connectivity index (χ0) is 16.1. The Labute approximate surface area is 156 Å². The maximum absolute atomic E-state index is 11.8. The van der Waals surface area contributed by atoms with E-state index in [1.54, 1.807) is 19.0 Å². The number of aliphatic imine (C=N–C) groups is 1. The molecule has 1 aliphatic rings. The number of nitrogens with one attached hydrogen (secondary N) is 1. The predicted molar refractivity (Wildman–Crippen MR) is 107 cm³/mol. The third-order valence-electron chi connectivity index (χ3n) is 3.67. The van der Waals surface area contributed by atoms with Crippen LogP contribution in [0.1, 0.15) is 19.4 Å². The lowest BCUT2D eigenvalue weighted by Gasteiger charge is -2.23. The highest BCUT2D eigenvalue weighted by Gasteiger charge is 2.23. The molecular weight excluding hydrogens is 403 g/mol. The van der Waals surface area contributed by atoms with Crippen molar-refractivity contribution in [3.63, 3.8) is 0 Å². The van der Waals surface area contributed by atoms with Crippen LogP contribution in [0.4, 0.5) is 5.69 Å². The summed E-state index contributed by atoms with van der Waals surface area (Å²) in [5.41, 5.74) is 2.52. The number of nitrogens with zero attached hydrogens (tertiary/aromatic N) is 3. The fraction of sp³-hybridized carbons (Fsp3) is 0.529. The van der Waals surface area contributed by atoms with Crippen LogP contribution in [0.5, 0.6) is 0 Å². The summed E-state index contributed by atoms with van der Waals surface area (Å²) in [6.07, 6.45) is 1.01. The smallest absolute Gasteiger partial charge is 0.243 e. The van der Waals surface area contributed by atoms with Gasteiger partial charge in [0.1, 0.15) is 6.54 Å². The van der Waals surface area contributed by atoms with E-state index in [2.05, 4.69) is 47.3 Å². The summed E-state index contributed by atoms with van der Waals surface area (Å²) < 4.78 is 0. The third kappa shape index (κ3) is 5.37. The minimum Gasteiger partial charge on any atom is -0.356 e. The molecule has 1 aromatic rings. The second-order valence-electron chi connectivity index (χ2n) is 6.23. The van der Waals surface area contributed by atoms with Crippen molar-refractivity contribution in [3.05, 3.63) is 29.8 Å². The monoisotopic (exact) mass is 430 g/mol. The van der Waals surface area contributed by atoms with E-state index in [9.17, 15) is 4.79 Å². The van der Waals surface area contributed by atoms with Crippen LogP contribution in [0.3, 0.4) is 0 Å². The molecule has 23 heavy (non-hydrogen) atoms. The molecule has 0 aromatic heterocycles. The van der Waals surface area contributed by atoms with Crippen LogP contribution in [0.2, 0.25) is 0 Å². The molecule has 128 valence electrons. The first kappa shape index (κ1) is 19.7. The van der Waals surface area contributed by atoms with Gasteiger partial charge in [0.05, 0.1) is 0 Å². The number of likely N-dealkylation sites (N-methyl/N-ethyl adjacent to an activating group) is 1. The number of anilines is 1. The molecule has 1 N–H and O–H groups in total. The first-order valence-electron chi connectivity index (χ1n) is 7.83. The fourth-order valence-electron chi connectivity index (χ4n) is 2.37. The van der Waals surface area contributed by atoms with Gasteiger partial charge in [0.25, 0.3) is 0 Å². The molecule has 2 rings (SSSR count). The Morgan fingerprint density at radius 1 is 1.35 bits per heavy atom. The van der Waals surface area contributed by atoms with Crippen LogP contribution in [0, 0.1) is 5.92 Å². The number of amides is 1. The summed E-state index contributed by atoms with van der Waals surface area (Å²) in [7, 11) is 3.51. The van der Waals surface area contributed by atoms with Crippen molar-refractivity contribution < 1.29 is 4.79 Å². The second-order valence-corrected chi connectivity index (χ2v) is 6.23. The molecule has 0 spiro atoms. The Morgan fingerprint density at radius 3 is 2.70 bits per heavy atom. The first-order chi connectivity index (χ1) is 10.5. The van der Waals surface area contributed by atoms with E-state index in [0.717, 1.165) is 25.5 Å². The number of carbonyl (C=O) groups excluding carboxylic acids is 1. The SMILES string of the molecule is CC(C)CNC(=NCC(=O)N(C)C)N1CCc2ccccc21.I. The van der Waals surface area contributed by atoms with Gasteiger partial charge in [-0.3, -0.25) is 4.79 Å². The van der Waals surface area contributed by atoms with Crippen molar-refractivity contribution in [2.24, 2.45) is 10.9 Å². The van der Waals surface area contributed by atoms with E-state index in [-0.39, 0.29) is 36.4 Å². The maximum atomic E-state index is 11.8. The summed E-state index contributed by atoms with van der Waals surface area (Å²) in [6, 6.07) is 8.38. The van der Waals surface area contributed by atoms with Gasteiger partial charge in [-0.15, -0.1) is 24.0 Å². The average molecular weight is 430 g/mol. The Kier molecular flexibility index (Phi) is 7.81. The summed E-state index contributed by atoms with van der Waals surface area (Å²) in [4.78, 5) is 20.1. The van der Waals surface area contributed by atoms with E-state index < -0.39 is 0 Å². The largest absolute Gasteiger partial charge is 0.356 e. The molecule has 5 nitrogen and oxygen atoms in total. The highest BCUT2D eigenvalue weighted by Crippen LogP contribution is 2.27. The number of hydrogen-bond acceptors (Lipinski definition) is 2. The molecule has 0 unspecified atom stereocenters. The van der Waals surface area contributed by atoms with Crippen LogP contribution in [-0.4, -0.2) is 50.5 Å². The van der Waals surface area contributed by atoms with Crippen LogP contribution in [0.15, 0.2) is 29.3 Å². The zero-order valence-corrected chi connectivity index (χ0v) is 16.7. The predicted octanol–water partition coefficient (Wildman–Crippen LogP) is 2.36. The van der Waals surface area contributed by atoms with Gasteiger partial charge in [-0.25, -0.2) is 4.99 Å². The molecule has 0 atom stereocenters. The number of rotatable bonds is 4. The molecule has 6 heteroatoms. The zero-order valence-electron chi connectivity index (χ0n) is 14.4. The van der Waals surface area contributed by atoms with E-state index in [4.69, 9.17) is 0 Å². The van der Waals surface area contributed by atoms with Crippen molar-refractivity contribution >= 4 is 41.5 Å². The van der Waals surface area contributed by atoms with Gasteiger partial charge < -0.3 is 15.1 Å². The van der Waals surface area contributed by atoms with E-state index in [1.165, 1.54) is 11.3 Å². The second kappa shape index (κ2) is 9.10. The number of guanidine groups is 1. The van der Waals surface area contributed by atoms with Crippen molar-refractivity contribution in [1.82, 2.24) is 10.2 Å². The Hall–Kier alpha value is -1.31. The molecule has 0 bridgehead atoms. The van der Waals surface area contributed by atoms with E-state index in [1.807, 2.05) is 6.07 Å². The minimum absolute atomic E-state index is 0. The quantitative estimate of drug-likeness (QED) is 0.454. The van der Waals surface area contributed by atoms with E-state index >= 15 is 0 Å². The highest BCUT2D eigenvalue weighted by molar-refractivity contribution is 14.0. The number of halogens is 1. The van der Waals surface area contributed by atoms with Crippen molar-refractivity contribution in [2.75, 3.05) is 38.6 Å². The Balaban J connectivity index is 0.00000264. The maximum Gasteiger partial charge on any atom is 0.243 e. The molecule has 0 saturated heterocycles. The standard InChI is InChI=1S/C17H26N4O.HI/c1-13(2)11-18-17(19-12-16(22)20(3)4)21-10-9-14-7-5-6-8-15(14)21;/h5-8,13H,9-12H2,1-4H3,(H,18,19);1H. The number of fused-ring (bicyclic) bond motifs is 1. The van der Waals surface area contributed by atoms with Gasteiger partial charge in [0.2, 0.25) is 5.91 Å². The molecular formula is C17H27IN4O. The van der Waals surface area contributed by atoms with Crippen LogP contribution >= 0.6 is 24.0 Å². The van der Waals surface area contributed by atoms with Gasteiger partial charge in [-0.1, -0.05) is 32.0 Å². The molecule has 0 aliphatic carbocycles. The van der Waals surface area contributed by atoms with Gasteiger partial charge in [-0.2, -0.15) is 0 Å². The molecule has 1 aliphatic heterocycles. The summed E-state index contributed by atoms with van der Waals surface area (Å²) >= 11 is 0. The first-order valence-corrected chi connectivity index (χ1v) is 7.83. The van der Waals surface area contributed by atoms with Gasteiger partial charge in [0, 0.05) is 32.9 Å². The minimum atomic E-state index is 0. The molecule has 1 heterocycles. The van der Waals surface area contributed by atoms with Gasteiger partial charge in [-0.05, 0) is 24.0 Å². The van der Waals surface area contributed by atoms with Crippen molar-refractivity contribution in [1.29, 1.82) is 0 Å². The molecule has 1 amide bonds.